The number of rotatable bonds is 3. The van der Waals surface area contributed by atoms with Gasteiger partial charge in [-0.1, -0.05) is 23.7 Å². The van der Waals surface area contributed by atoms with E-state index in [1.54, 1.807) is 10.7 Å². The molecule has 1 aliphatic rings. The predicted octanol–water partition coefficient (Wildman–Crippen LogP) is 3.03. The van der Waals surface area contributed by atoms with Crippen LogP contribution in [-0.2, 0) is 11.3 Å². The Balaban J connectivity index is 1.67. The van der Waals surface area contributed by atoms with Crippen LogP contribution in [0, 0.1) is 0 Å². The summed E-state index contributed by atoms with van der Waals surface area (Å²) in [5, 5.41) is 5.15. The van der Waals surface area contributed by atoms with Crippen LogP contribution in [0.5, 0.6) is 0 Å². The second kappa shape index (κ2) is 7.39. The van der Waals surface area contributed by atoms with Gasteiger partial charge in [0.15, 0.2) is 5.65 Å². The summed E-state index contributed by atoms with van der Waals surface area (Å²) in [6.07, 6.45) is 6.00. The maximum atomic E-state index is 12.9. The Kier molecular flexibility index (Phi) is 4.93. The van der Waals surface area contributed by atoms with Gasteiger partial charge in [-0.25, -0.2) is 9.67 Å². The Morgan fingerprint density at radius 1 is 1.21 bits per heavy atom. The number of fused-ring (bicyclic) bond motifs is 1. The van der Waals surface area contributed by atoms with Gasteiger partial charge in [0.2, 0.25) is 5.91 Å². The van der Waals surface area contributed by atoms with Crippen molar-refractivity contribution in [1.29, 1.82) is 0 Å². The topological polar surface area (TPSA) is 73.0 Å². The van der Waals surface area contributed by atoms with E-state index in [1.165, 1.54) is 17.1 Å². The van der Waals surface area contributed by atoms with Crippen LogP contribution in [0.2, 0.25) is 5.02 Å². The summed E-state index contributed by atoms with van der Waals surface area (Å²) in [6, 6.07) is 7.61. The zero-order chi connectivity index (χ0) is 19.8. The van der Waals surface area contributed by atoms with Gasteiger partial charge in [0, 0.05) is 12.1 Å². The molecule has 2 aromatic heterocycles. The van der Waals surface area contributed by atoms with Gasteiger partial charge < -0.3 is 4.90 Å². The summed E-state index contributed by atoms with van der Waals surface area (Å²) in [5.74, 6) is -0.0542. The molecule has 2 atom stereocenters. The molecule has 0 radical (unpaired) electrons. The van der Waals surface area contributed by atoms with Crippen LogP contribution in [0.3, 0.4) is 0 Å². The number of hydrogen-bond acceptors (Lipinski definition) is 4. The van der Waals surface area contributed by atoms with Crippen molar-refractivity contribution in [3.05, 3.63) is 52.2 Å². The summed E-state index contributed by atoms with van der Waals surface area (Å²) < 4.78 is 2.90. The molecule has 7 nitrogen and oxygen atoms in total. The zero-order valence-corrected chi connectivity index (χ0v) is 16.6. The van der Waals surface area contributed by atoms with E-state index in [-0.39, 0.29) is 30.1 Å². The third-order valence-corrected chi connectivity index (χ3v) is 5.74. The Morgan fingerprint density at radius 3 is 2.64 bits per heavy atom. The lowest BCUT2D eigenvalue weighted by molar-refractivity contribution is -0.138. The highest BCUT2D eigenvalue weighted by molar-refractivity contribution is 6.32. The molecule has 8 heteroatoms. The quantitative estimate of drug-likeness (QED) is 0.678. The minimum atomic E-state index is -0.283. The van der Waals surface area contributed by atoms with Crippen LogP contribution < -0.4 is 5.56 Å². The molecule has 0 saturated carbocycles. The molecule has 1 amide bonds. The number of piperidine rings is 1. The van der Waals surface area contributed by atoms with E-state index in [4.69, 9.17) is 11.6 Å². The van der Waals surface area contributed by atoms with Crippen molar-refractivity contribution in [2.24, 2.45) is 0 Å². The van der Waals surface area contributed by atoms with Gasteiger partial charge in [0.05, 0.1) is 16.9 Å². The normalized spacial score (nSPS) is 19.9. The number of likely N-dealkylation sites (tertiary alicyclic amines) is 1. The average Bonchev–Trinajstić information content (AvgIpc) is 3.09. The van der Waals surface area contributed by atoms with Gasteiger partial charge in [-0.05, 0) is 45.2 Å². The van der Waals surface area contributed by atoms with Crippen molar-refractivity contribution in [2.45, 2.75) is 51.7 Å². The predicted molar refractivity (Wildman–Crippen MR) is 108 cm³/mol. The Labute approximate surface area is 167 Å². The molecular formula is C20H22ClN5O2. The van der Waals surface area contributed by atoms with Crippen LogP contribution in [0.25, 0.3) is 16.7 Å². The maximum Gasteiger partial charge on any atom is 0.264 e. The van der Waals surface area contributed by atoms with E-state index in [1.807, 2.05) is 23.1 Å². The van der Waals surface area contributed by atoms with E-state index in [0.29, 0.717) is 21.7 Å². The van der Waals surface area contributed by atoms with Crippen LogP contribution in [0.1, 0.15) is 33.1 Å². The second-order valence-corrected chi connectivity index (χ2v) is 7.76. The number of aromatic nitrogens is 4. The summed E-state index contributed by atoms with van der Waals surface area (Å²) in [6.45, 7) is 4.10. The first-order valence-electron chi connectivity index (χ1n) is 9.46. The SMILES string of the molecule is C[C@H]1CCC[C@H](C)N1C(=O)Cn1cnc2c(cnn2-c2ccccc2Cl)c1=O. The summed E-state index contributed by atoms with van der Waals surface area (Å²) >= 11 is 6.25. The number of nitrogens with zero attached hydrogens (tertiary/aromatic N) is 5. The molecule has 0 bridgehead atoms. The minimum Gasteiger partial charge on any atom is -0.336 e. The van der Waals surface area contributed by atoms with E-state index >= 15 is 0 Å². The van der Waals surface area contributed by atoms with Gasteiger partial charge in [-0.3, -0.25) is 14.2 Å². The number of benzene rings is 1. The van der Waals surface area contributed by atoms with Gasteiger partial charge in [0.1, 0.15) is 18.3 Å². The minimum absolute atomic E-state index is 0.0201. The number of carbonyl (C=O) groups excluding carboxylic acids is 1. The van der Waals surface area contributed by atoms with Gasteiger partial charge in [-0.2, -0.15) is 5.10 Å². The summed E-state index contributed by atoms with van der Waals surface area (Å²) in [4.78, 5) is 32.0. The summed E-state index contributed by atoms with van der Waals surface area (Å²) in [5.41, 5.74) is 0.784. The molecule has 3 heterocycles. The third kappa shape index (κ3) is 3.20. The van der Waals surface area contributed by atoms with Crippen LogP contribution in [0.15, 0.2) is 41.6 Å². The number of halogens is 1. The zero-order valence-electron chi connectivity index (χ0n) is 15.9. The first-order chi connectivity index (χ1) is 13.5. The lowest BCUT2D eigenvalue weighted by Crippen LogP contribution is -2.49. The molecule has 28 heavy (non-hydrogen) atoms. The molecule has 1 saturated heterocycles. The van der Waals surface area contributed by atoms with Crippen LogP contribution in [0.4, 0.5) is 0 Å². The lowest BCUT2D eigenvalue weighted by atomic mass is 9.97. The molecule has 0 unspecified atom stereocenters. The molecule has 0 N–H and O–H groups in total. The molecule has 0 spiro atoms. The molecule has 1 fully saturated rings. The monoisotopic (exact) mass is 399 g/mol. The first-order valence-corrected chi connectivity index (χ1v) is 9.84. The number of hydrogen-bond donors (Lipinski definition) is 0. The Morgan fingerprint density at radius 2 is 1.93 bits per heavy atom. The fourth-order valence-corrected chi connectivity index (χ4v) is 4.22. The fraction of sp³-hybridized carbons (Fsp3) is 0.400. The largest absolute Gasteiger partial charge is 0.336 e. The van der Waals surface area contributed by atoms with Crippen molar-refractivity contribution >= 4 is 28.5 Å². The van der Waals surface area contributed by atoms with Crippen molar-refractivity contribution < 1.29 is 4.79 Å². The highest BCUT2D eigenvalue weighted by Gasteiger charge is 2.29. The van der Waals surface area contributed by atoms with Crippen LogP contribution in [-0.4, -0.2) is 42.2 Å². The lowest BCUT2D eigenvalue weighted by Gasteiger charge is -2.39. The molecule has 146 valence electrons. The van der Waals surface area contributed by atoms with Gasteiger partial charge >= 0.3 is 0 Å². The first kappa shape index (κ1) is 18.7. The summed E-state index contributed by atoms with van der Waals surface area (Å²) in [7, 11) is 0. The molecule has 1 aromatic carbocycles. The molecule has 4 rings (SSSR count). The number of para-hydroxylation sites is 1. The van der Waals surface area contributed by atoms with Crippen molar-refractivity contribution in [3.8, 4) is 5.69 Å². The molecule has 1 aliphatic heterocycles. The van der Waals surface area contributed by atoms with Gasteiger partial charge in [-0.15, -0.1) is 0 Å². The van der Waals surface area contributed by atoms with Crippen molar-refractivity contribution in [3.63, 3.8) is 0 Å². The smallest absolute Gasteiger partial charge is 0.264 e. The number of amides is 1. The highest BCUT2D eigenvalue weighted by atomic mass is 35.5. The maximum absolute atomic E-state index is 12.9. The van der Waals surface area contributed by atoms with E-state index in [0.717, 1.165) is 19.3 Å². The number of carbonyl (C=O) groups is 1. The van der Waals surface area contributed by atoms with Crippen molar-refractivity contribution in [1.82, 2.24) is 24.2 Å². The van der Waals surface area contributed by atoms with E-state index in [9.17, 15) is 9.59 Å². The van der Waals surface area contributed by atoms with Crippen LogP contribution >= 0.6 is 11.6 Å². The standard InChI is InChI=1S/C20H22ClN5O2/c1-13-6-5-7-14(2)25(13)18(27)11-24-12-22-19-15(20(24)28)10-23-26(19)17-9-4-3-8-16(17)21/h3-4,8-10,12-14H,5-7,11H2,1-2H3/t13-,14-/m0/s1. The Bertz CT molecular complexity index is 1080. The third-order valence-electron chi connectivity index (χ3n) is 5.42. The van der Waals surface area contributed by atoms with E-state index in [2.05, 4.69) is 23.9 Å². The van der Waals surface area contributed by atoms with Crippen molar-refractivity contribution in [2.75, 3.05) is 0 Å². The Hall–Kier alpha value is -2.67. The van der Waals surface area contributed by atoms with E-state index < -0.39 is 0 Å². The molecular weight excluding hydrogens is 378 g/mol. The fourth-order valence-electron chi connectivity index (χ4n) is 4.00. The average molecular weight is 400 g/mol. The highest BCUT2D eigenvalue weighted by Crippen LogP contribution is 2.23. The molecule has 0 aliphatic carbocycles. The molecule has 3 aromatic rings. The van der Waals surface area contributed by atoms with Gasteiger partial charge in [0.25, 0.3) is 5.56 Å². The second-order valence-electron chi connectivity index (χ2n) is 7.35.